The van der Waals surface area contributed by atoms with E-state index in [-0.39, 0.29) is 11.8 Å². The number of nitrogens with zero attached hydrogens (tertiary/aromatic N) is 1. The number of hydrogen-bond acceptors (Lipinski definition) is 2. The van der Waals surface area contributed by atoms with Crippen LogP contribution in [0.1, 0.15) is 77.6 Å². The van der Waals surface area contributed by atoms with Gasteiger partial charge in [-0.15, -0.1) is 0 Å². The first-order valence-electron chi connectivity index (χ1n) is 8.26. The standard InChI is InChI=1S/C17H29NO2/c1-2-3-4-5-6-7-8-10-13-16(19)18-15-12-9-11-14-17(18)20/h10,13H,2-9,11-12,14-15H2,1H3. The van der Waals surface area contributed by atoms with Crippen LogP contribution in [-0.4, -0.2) is 23.3 Å². The summed E-state index contributed by atoms with van der Waals surface area (Å²) >= 11 is 0. The molecule has 0 saturated carbocycles. The largest absolute Gasteiger partial charge is 0.279 e. The summed E-state index contributed by atoms with van der Waals surface area (Å²) in [5.74, 6) is -0.125. The predicted octanol–water partition coefficient (Wildman–Crippen LogP) is 4.22. The molecular formula is C17H29NO2. The van der Waals surface area contributed by atoms with Crippen LogP contribution in [0.3, 0.4) is 0 Å². The van der Waals surface area contributed by atoms with Gasteiger partial charge in [0.15, 0.2) is 0 Å². The van der Waals surface area contributed by atoms with Crippen molar-refractivity contribution >= 4 is 11.8 Å². The topological polar surface area (TPSA) is 37.4 Å². The summed E-state index contributed by atoms with van der Waals surface area (Å²) < 4.78 is 0. The molecule has 0 aliphatic carbocycles. The van der Waals surface area contributed by atoms with Crippen LogP contribution in [0.5, 0.6) is 0 Å². The van der Waals surface area contributed by atoms with E-state index >= 15 is 0 Å². The van der Waals surface area contributed by atoms with Crippen molar-refractivity contribution < 1.29 is 9.59 Å². The second-order valence-electron chi connectivity index (χ2n) is 5.65. The highest BCUT2D eigenvalue weighted by Crippen LogP contribution is 2.12. The van der Waals surface area contributed by atoms with E-state index < -0.39 is 0 Å². The van der Waals surface area contributed by atoms with Gasteiger partial charge in [-0.1, -0.05) is 51.5 Å². The van der Waals surface area contributed by atoms with E-state index in [9.17, 15) is 9.59 Å². The van der Waals surface area contributed by atoms with Crippen molar-refractivity contribution in [1.29, 1.82) is 0 Å². The number of carbonyl (C=O) groups is 2. The summed E-state index contributed by atoms with van der Waals surface area (Å²) in [4.78, 5) is 25.1. The molecule has 1 heterocycles. The fourth-order valence-corrected chi connectivity index (χ4v) is 2.53. The molecule has 1 aliphatic heterocycles. The minimum absolute atomic E-state index is 0.00304. The van der Waals surface area contributed by atoms with Crippen LogP contribution in [-0.2, 0) is 9.59 Å². The van der Waals surface area contributed by atoms with E-state index in [0.717, 1.165) is 32.1 Å². The lowest BCUT2D eigenvalue weighted by Crippen LogP contribution is -2.35. The highest BCUT2D eigenvalue weighted by Gasteiger charge is 2.20. The average Bonchev–Trinajstić information content (AvgIpc) is 2.66. The SMILES string of the molecule is CCCCCCCCC=CC(=O)N1CCCCCC1=O. The molecule has 0 aromatic rings. The fourth-order valence-electron chi connectivity index (χ4n) is 2.53. The van der Waals surface area contributed by atoms with E-state index in [0.29, 0.717) is 13.0 Å². The van der Waals surface area contributed by atoms with Crippen LogP contribution in [0.2, 0.25) is 0 Å². The number of imide groups is 1. The quantitative estimate of drug-likeness (QED) is 0.492. The van der Waals surface area contributed by atoms with Crippen molar-refractivity contribution in [3.05, 3.63) is 12.2 Å². The lowest BCUT2D eigenvalue weighted by molar-refractivity contribution is -0.141. The summed E-state index contributed by atoms with van der Waals surface area (Å²) in [6, 6.07) is 0. The number of carbonyl (C=O) groups excluding carboxylic acids is 2. The Labute approximate surface area is 123 Å². The Morgan fingerprint density at radius 3 is 2.65 bits per heavy atom. The molecule has 0 spiro atoms. The molecule has 20 heavy (non-hydrogen) atoms. The van der Waals surface area contributed by atoms with Crippen molar-refractivity contribution in [2.75, 3.05) is 6.54 Å². The van der Waals surface area contributed by atoms with E-state index in [4.69, 9.17) is 0 Å². The third-order valence-electron chi connectivity index (χ3n) is 3.82. The Morgan fingerprint density at radius 1 is 1.10 bits per heavy atom. The van der Waals surface area contributed by atoms with Gasteiger partial charge in [0.05, 0.1) is 0 Å². The van der Waals surface area contributed by atoms with Crippen LogP contribution in [0.15, 0.2) is 12.2 Å². The van der Waals surface area contributed by atoms with E-state index in [1.807, 2.05) is 6.08 Å². The molecule has 114 valence electrons. The Kier molecular flexibility index (Phi) is 9.01. The molecule has 0 bridgehead atoms. The van der Waals surface area contributed by atoms with Gasteiger partial charge in [0.2, 0.25) is 5.91 Å². The molecular weight excluding hydrogens is 250 g/mol. The summed E-state index contributed by atoms with van der Waals surface area (Å²) in [5.41, 5.74) is 0. The molecule has 1 aliphatic rings. The average molecular weight is 279 g/mol. The monoisotopic (exact) mass is 279 g/mol. The zero-order chi connectivity index (χ0) is 14.6. The Balaban J connectivity index is 2.17. The number of likely N-dealkylation sites (tertiary alicyclic amines) is 1. The molecule has 0 aromatic carbocycles. The van der Waals surface area contributed by atoms with Crippen molar-refractivity contribution in [3.63, 3.8) is 0 Å². The first-order chi connectivity index (χ1) is 9.75. The predicted molar refractivity (Wildman–Crippen MR) is 82.3 cm³/mol. The molecule has 1 rings (SSSR count). The van der Waals surface area contributed by atoms with Gasteiger partial charge >= 0.3 is 0 Å². The summed E-state index contributed by atoms with van der Waals surface area (Å²) in [6.45, 7) is 2.82. The zero-order valence-electron chi connectivity index (χ0n) is 12.9. The maximum atomic E-state index is 12.0. The van der Waals surface area contributed by atoms with Crippen LogP contribution >= 0.6 is 0 Å². The summed E-state index contributed by atoms with van der Waals surface area (Å²) in [5, 5.41) is 0. The van der Waals surface area contributed by atoms with Crippen molar-refractivity contribution in [2.24, 2.45) is 0 Å². The minimum atomic E-state index is -0.122. The highest BCUT2D eigenvalue weighted by atomic mass is 16.2. The molecule has 0 radical (unpaired) electrons. The Hall–Kier alpha value is -1.12. The third kappa shape index (κ3) is 6.88. The molecule has 1 saturated heterocycles. The Morgan fingerprint density at radius 2 is 1.85 bits per heavy atom. The maximum absolute atomic E-state index is 12.0. The van der Waals surface area contributed by atoms with Gasteiger partial charge in [0.1, 0.15) is 0 Å². The Bertz CT molecular complexity index is 323. The number of unbranched alkanes of at least 4 members (excludes halogenated alkanes) is 6. The number of rotatable bonds is 8. The molecule has 0 aromatic heterocycles. The molecule has 0 N–H and O–H groups in total. The van der Waals surface area contributed by atoms with Crippen molar-refractivity contribution in [1.82, 2.24) is 4.90 Å². The minimum Gasteiger partial charge on any atom is -0.279 e. The third-order valence-corrected chi connectivity index (χ3v) is 3.82. The zero-order valence-corrected chi connectivity index (χ0v) is 12.9. The van der Waals surface area contributed by atoms with Crippen molar-refractivity contribution in [3.8, 4) is 0 Å². The molecule has 0 atom stereocenters. The second-order valence-corrected chi connectivity index (χ2v) is 5.65. The molecule has 3 nitrogen and oxygen atoms in total. The van der Waals surface area contributed by atoms with Gasteiger partial charge in [0.25, 0.3) is 5.91 Å². The van der Waals surface area contributed by atoms with Crippen LogP contribution in [0.4, 0.5) is 0 Å². The fraction of sp³-hybridized carbons (Fsp3) is 0.765. The lowest BCUT2D eigenvalue weighted by atomic mass is 10.1. The highest BCUT2D eigenvalue weighted by molar-refractivity contribution is 6.00. The molecule has 2 amide bonds. The number of hydrogen-bond donors (Lipinski definition) is 0. The summed E-state index contributed by atoms with van der Waals surface area (Å²) in [6.07, 6.45) is 15.5. The van der Waals surface area contributed by atoms with Gasteiger partial charge in [-0.25, -0.2) is 0 Å². The molecule has 3 heteroatoms. The van der Waals surface area contributed by atoms with Gasteiger partial charge < -0.3 is 0 Å². The first kappa shape index (κ1) is 16.9. The van der Waals surface area contributed by atoms with Gasteiger partial charge in [0, 0.05) is 13.0 Å². The number of amides is 2. The maximum Gasteiger partial charge on any atom is 0.252 e. The van der Waals surface area contributed by atoms with Gasteiger partial charge in [-0.2, -0.15) is 0 Å². The first-order valence-corrected chi connectivity index (χ1v) is 8.26. The molecule has 1 fully saturated rings. The normalized spacial score (nSPS) is 16.6. The smallest absolute Gasteiger partial charge is 0.252 e. The van der Waals surface area contributed by atoms with Crippen LogP contribution in [0.25, 0.3) is 0 Å². The summed E-state index contributed by atoms with van der Waals surface area (Å²) in [7, 11) is 0. The van der Waals surface area contributed by atoms with Crippen molar-refractivity contribution in [2.45, 2.75) is 77.6 Å². The second kappa shape index (κ2) is 10.6. The lowest BCUT2D eigenvalue weighted by Gasteiger charge is -2.15. The number of allylic oxidation sites excluding steroid dienone is 1. The molecule has 0 unspecified atom stereocenters. The van der Waals surface area contributed by atoms with Gasteiger partial charge in [-0.05, 0) is 31.8 Å². The van der Waals surface area contributed by atoms with E-state index in [1.165, 1.54) is 37.0 Å². The van der Waals surface area contributed by atoms with E-state index in [2.05, 4.69) is 6.92 Å². The van der Waals surface area contributed by atoms with Gasteiger partial charge in [-0.3, -0.25) is 14.5 Å². The van der Waals surface area contributed by atoms with Crippen LogP contribution < -0.4 is 0 Å². The van der Waals surface area contributed by atoms with Crippen LogP contribution in [0, 0.1) is 0 Å². The van der Waals surface area contributed by atoms with E-state index in [1.54, 1.807) is 6.08 Å².